The Morgan fingerprint density at radius 3 is 2.70 bits per heavy atom. The van der Waals surface area contributed by atoms with Crippen molar-refractivity contribution in [1.29, 1.82) is 0 Å². The molecule has 1 fully saturated rings. The van der Waals surface area contributed by atoms with Crippen molar-refractivity contribution in [2.24, 2.45) is 11.8 Å². The van der Waals surface area contributed by atoms with Gasteiger partial charge in [-0.05, 0) is 47.1 Å². The molecule has 2 atom stereocenters. The summed E-state index contributed by atoms with van der Waals surface area (Å²) in [6.45, 7) is 2.51. The Balaban J connectivity index is 2.18. The van der Waals surface area contributed by atoms with Gasteiger partial charge in [-0.25, -0.2) is 4.39 Å². The second-order valence-electron chi connectivity index (χ2n) is 5.06. The average Bonchev–Trinajstić information content (AvgIpc) is 2.37. The van der Waals surface area contributed by atoms with Crippen LogP contribution in [0.1, 0.15) is 23.7 Å². The largest absolute Gasteiger partial charge is 0.481 e. The summed E-state index contributed by atoms with van der Waals surface area (Å²) in [7, 11) is 0. The maximum atomic E-state index is 13.8. The number of carbonyl (C=O) groups is 2. The molecule has 1 aliphatic rings. The Morgan fingerprint density at radius 1 is 1.45 bits per heavy atom. The first-order valence-electron chi connectivity index (χ1n) is 6.38. The van der Waals surface area contributed by atoms with E-state index in [9.17, 15) is 14.0 Å². The van der Waals surface area contributed by atoms with E-state index < -0.39 is 17.7 Å². The van der Waals surface area contributed by atoms with Crippen LogP contribution in [-0.2, 0) is 4.79 Å². The van der Waals surface area contributed by atoms with E-state index in [1.54, 1.807) is 17.0 Å². The number of benzene rings is 1. The van der Waals surface area contributed by atoms with Gasteiger partial charge in [-0.3, -0.25) is 9.59 Å². The molecule has 1 saturated heterocycles. The van der Waals surface area contributed by atoms with E-state index in [0.717, 1.165) is 0 Å². The quantitative estimate of drug-likeness (QED) is 0.789. The fourth-order valence-corrected chi connectivity index (χ4v) is 3.25. The number of halogens is 2. The molecule has 0 aliphatic carbocycles. The number of amides is 1. The fourth-order valence-electron chi connectivity index (χ4n) is 2.56. The molecule has 1 aromatic carbocycles. The van der Waals surface area contributed by atoms with Crippen molar-refractivity contribution in [3.8, 4) is 0 Å². The number of aliphatic carboxylic acids is 1. The molecular formula is C14H15FINO3. The van der Waals surface area contributed by atoms with Crippen LogP contribution >= 0.6 is 22.6 Å². The Kier molecular flexibility index (Phi) is 4.62. The van der Waals surface area contributed by atoms with Crippen LogP contribution in [0.5, 0.6) is 0 Å². The average molecular weight is 391 g/mol. The van der Waals surface area contributed by atoms with Crippen molar-refractivity contribution in [3.63, 3.8) is 0 Å². The van der Waals surface area contributed by atoms with E-state index in [0.29, 0.717) is 23.1 Å². The van der Waals surface area contributed by atoms with Gasteiger partial charge in [0.2, 0.25) is 0 Å². The van der Waals surface area contributed by atoms with Gasteiger partial charge in [0.25, 0.3) is 5.91 Å². The van der Waals surface area contributed by atoms with E-state index in [-0.39, 0.29) is 17.4 Å². The highest BCUT2D eigenvalue weighted by Gasteiger charge is 2.34. The molecule has 1 N–H and O–H groups in total. The molecule has 0 spiro atoms. The molecule has 20 heavy (non-hydrogen) atoms. The van der Waals surface area contributed by atoms with Crippen LogP contribution in [0, 0.1) is 21.2 Å². The first kappa shape index (κ1) is 15.2. The van der Waals surface area contributed by atoms with Gasteiger partial charge in [0, 0.05) is 16.7 Å². The van der Waals surface area contributed by atoms with E-state index in [1.807, 2.05) is 29.5 Å². The van der Waals surface area contributed by atoms with Crippen molar-refractivity contribution >= 4 is 34.5 Å². The number of nitrogens with zero attached hydrogens (tertiary/aromatic N) is 1. The number of carbonyl (C=O) groups excluding carboxylic acids is 1. The zero-order valence-electron chi connectivity index (χ0n) is 11.0. The monoisotopic (exact) mass is 391 g/mol. The Labute approximate surface area is 130 Å². The van der Waals surface area contributed by atoms with Crippen LogP contribution in [0.3, 0.4) is 0 Å². The van der Waals surface area contributed by atoms with Crippen LogP contribution in [-0.4, -0.2) is 35.0 Å². The van der Waals surface area contributed by atoms with E-state index >= 15 is 0 Å². The van der Waals surface area contributed by atoms with Crippen molar-refractivity contribution in [1.82, 2.24) is 4.90 Å². The number of hydrogen-bond donors (Lipinski definition) is 1. The molecule has 1 aromatic rings. The van der Waals surface area contributed by atoms with Gasteiger partial charge in [0.1, 0.15) is 5.82 Å². The zero-order chi connectivity index (χ0) is 14.9. The minimum Gasteiger partial charge on any atom is -0.481 e. The maximum absolute atomic E-state index is 13.8. The minimum atomic E-state index is -0.829. The highest BCUT2D eigenvalue weighted by molar-refractivity contribution is 14.1. The van der Waals surface area contributed by atoms with E-state index in [2.05, 4.69) is 0 Å². The molecule has 1 amide bonds. The second kappa shape index (κ2) is 6.07. The third-order valence-corrected chi connectivity index (χ3v) is 4.59. The molecule has 4 nitrogen and oxygen atoms in total. The molecule has 0 saturated carbocycles. The lowest BCUT2D eigenvalue weighted by Crippen LogP contribution is -2.45. The molecule has 2 unspecified atom stereocenters. The number of hydrogen-bond acceptors (Lipinski definition) is 2. The summed E-state index contributed by atoms with van der Waals surface area (Å²) in [5.74, 6) is -2.28. The standard InChI is InChI=1S/C14H15FINO3/c1-8-7-17(6-5-9(8)14(19)20)13(18)12-10(15)3-2-4-11(12)16/h2-4,8-9H,5-7H2,1H3,(H,19,20). The number of piperidine rings is 1. The molecule has 0 bridgehead atoms. The zero-order valence-corrected chi connectivity index (χ0v) is 13.1. The summed E-state index contributed by atoms with van der Waals surface area (Å²) < 4.78 is 14.4. The summed E-state index contributed by atoms with van der Waals surface area (Å²) in [6, 6.07) is 4.51. The summed E-state index contributed by atoms with van der Waals surface area (Å²) in [4.78, 5) is 25.0. The van der Waals surface area contributed by atoms with E-state index in [1.165, 1.54) is 6.07 Å². The predicted molar refractivity (Wildman–Crippen MR) is 79.9 cm³/mol. The molecule has 0 radical (unpaired) electrons. The van der Waals surface area contributed by atoms with Gasteiger partial charge in [0.15, 0.2) is 0 Å². The number of rotatable bonds is 2. The molecule has 6 heteroatoms. The summed E-state index contributed by atoms with van der Waals surface area (Å²) in [5, 5.41) is 9.07. The van der Waals surface area contributed by atoms with Gasteiger partial charge in [-0.2, -0.15) is 0 Å². The van der Waals surface area contributed by atoms with Gasteiger partial charge >= 0.3 is 5.97 Å². The molecule has 0 aromatic heterocycles. The Morgan fingerprint density at radius 2 is 2.15 bits per heavy atom. The normalized spacial score (nSPS) is 22.6. The third-order valence-electron chi connectivity index (χ3n) is 3.69. The third kappa shape index (κ3) is 2.94. The van der Waals surface area contributed by atoms with Crippen molar-refractivity contribution in [2.45, 2.75) is 13.3 Å². The van der Waals surface area contributed by atoms with Crippen LogP contribution in [0.25, 0.3) is 0 Å². The summed E-state index contributed by atoms with van der Waals surface area (Å²) >= 11 is 1.94. The number of carboxylic acid groups (broad SMARTS) is 1. The molecule has 2 rings (SSSR count). The van der Waals surface area contributed by atoms with Crippen molar-refractivity contribution < 1.29 is 19.1 Å². The number of likely N-dealkylation sites (tertiary alicyclic amines) is 1. The first-order chi connectivity index (χ1) is 9.41. The Hall–Kier alpha value is -1.18. The fraction of sp³-hybridized carbons (Fsp3) is 0.429. The second-order valence-corrected chi connectivity index (χ2v) is 6.22. The van der Waals surface area contributed by atoms with Crippen molar-refractivity contribution in [3.05, 3.63) is 33.1 Å². The lowest BCUT2D eigenvalue weighted by molar-refractivity contribution is -0.145. The van der Waals surface area contributed by atoms with Gasteiger partial charge in [-0.15, -0.1) is 0 Å². The van der Waals surface area contributed by atoms with Crippen molar-refractivity contribution in [2.75, 3.05) is 13.1 Å². The van der Waals surface area contributed by atoms with Gasteiger partial charge in [-0.1, -0.05) is 13.0 Å². The van der Waals surface area contributed by atoms with Crippen LogP contribution in [0.2, 0.25) is 0 Å². The number of carboxylic acids is 1. The van der Waals surface area contributed by atoms with Crippen LogP contribution < -0.4 is 0 Å². The molecule has 108 valence electrons. The lowest BCUT2D eigenvalue weighted by atomic mass is 9.87. The highest BCUT2D eigenvalue weighted by Crippen LogP contribution is 2.26. The van der Waals surface area contributed by atoms with E-state index in [4.69, 9.17) is 5.11 Å². The van der Waals surface area contributed by atoms with Gasteiger partial charge in [0.05, 0.1) is 11.5 Å². The Bertz CT molecular complexity index is 529. The maximum Gasteiger partial charge on any atom is 0.306 e. The predicted octanol–water partition coefficient (Wildman–Crippen LogP) is 2.61. The molecule has 1 aliphatic heterocycles. The smallest absolute Gasteiger partial charge is 0.306 e. The SMILES string of the molecule is CC1CN(C(=O)c2c(F)cccc2I)CCC1C(=O)O. The topological polar surface area (TPSA) is 57.6 Å². The first-order valence-corrected chi connectivity index (χ1v) is 7.45. The lowest BCUT2D eigenvalue weighted by Gasteiger charge is -2.35. The summed E-state index contributed by atoms with van der Waals surface area (Å²) in [5.41, 5.74) is 0.0778. The summed E-state index contributed by atoms with van der Waals surface area (Å²) in [6.07, 6.45) is 0.410. The molecule has 1 heterocycles. The molecular weight excluding hydrogens is 376 g/mol. The highest BCUT2D eigenvalue weighted by atomic mass is 127. The van der Waals surface area contributed by atoms with Crippen LogP contribution in [0.15, 0.2) is 18.2 Å². The minimum absolute atomic E-state index is 0.0778. The van der Waals surface area contributed by atoms with Gasteiger partial charge < -0.3 is 10.0 Å². The van der Waals surface area contributed by atoms with Crippen LogP contribution in [0.4, 0.5) is 4.39 Å².